The highest BCUT2D eigenvalue weighted by molar-refractivity contribution is 5.58. The first-order chi connectivity index (χ1) is 8.33. The Morgan fingerprint density at radius 1 is 1.35 bits per heavy atom. The molecule has 1 N–H and O–H groups in total. The lowest BCUT2D eigenvalue weighted by atomic mass is 10.1. The lowest BCUT2D eigenvalue weighted by molar-refractivity contribution is 0.0904. The summed E-state index contributed by atoms with van der Waals surface area (Å²) < 4.78 is 10.8. The van der Waals surface area contributed by atoms with Gasteiger partial charge in [-0.05, 0) is 37.0 Å². The van der Waals surface area contributed by atoms with Crippen LogP contribution < -0.4 is 10.1 Å². The number of hydrogen-bond donors (Lipinski definition) is 1. The van der Waals surface area contributed by atoms with Gasteiger partial charge in [-0.2, -0.15) is 0 Å². The molecule has 1 fully saturated rings. The summed E-state index contributed by atoms with van der Waals surface area (Å²) in [6.07, 6.45) is 3.19. The van der Waals surface area contributed by atoms with Crippen molar-refractivity contribution in [3.63, 3.8) is 0 Å². The van der Waals surface area contributed by atoms with E-state index in [2.05, 4.69) is 24.4 Å². The van der Waals surface area contributed by atoms with Crippen molar-refractivity contribution in [2.24, 2.45) is 0 Å². The van der Waals surface area contributed by atoms with Crippen LogP contribution in [0.15, 0.2) is 18.2 Å². The third kappa shape index (κ3) is 3.13. The Morgan fingerprint density at radius 3 is 2.76 bits per heavy atom. The summed E-state index contributed by atoms with van der Waals surface area (Å²) in [5.41, 5.74) is 2.44. The van der Waals surface area contributed by atoms with Crippen LogP contribution in [0.1, 0.15) is 25.3 Å². The average molecular weight is 235 g/mol. The summed E-state index contributed by atoms with van der Waals surface area (Å²) >= 11 is 0. The largest absolute Gasteiger partial charge is 0.495 e. The molecule has 1 aliphatic heterocycles. The Bertz CT molecular complexity index is 359. The molecule has 1 aromatic rings. The molecule has 3 nitrogen and oxygen atoms in total. The first kappa shape index (κ1) is 12.2. The monoisotopic (exact) mass is 235 g/mol. The number of anilines is 1. The predicted octanol–water partition coefficient (Wildman–Crippen LogP) is 2.85. The van der Waals surface area contributed by atoms with Gasteiger partial charge in [-0.3, -0.25) is 0 Å². The molecule has 0 atom stereocenters. The van der Waals surface area contributed by atoms with E-state index in [1.54, 1.807) is 7.11 Å². The lowest BCUT2D eigenvalue weighted by Crippen LogP contribution is -2.28. The average Bonchev–Trinajstić information content (AvgIpc) is 2.40. The summed E-state index contributed by atoms with van der Waals surface area (Å²) in [5, 5.41) is 3.57. The molecule has 94 valence electrons. The molecule has 0 unspecified atom stereocenters. The molecule has 0 bridgehead atoms. The highest BCUT2D eigenvalue weighted by Crippen LogP contribution is 2.27. The molecular formula is C14H21NO2. The second kappa shape index (κ2) is 5.92. The first-order valence-corrected chi connectivity index (χ1v) is 6.34. The van der Waals surface area contributed by atoms with Crippen LogP contribution in [0.25, 0.3) is 0 Å². The first-order valence-electron chi connectivity index (χ1n) is 6.34. The van der Waals surface area contributed by atoms with Crippen LogP contribution in [-0.2, 0) is 11.2 Å². The number of hydrogen-bond acceptors (Lipinski definition) is 3. The van der Waals surface area contributed by atoms with Gasteiger partial charge in [0.25, 0.3) is 0 Å². The summed E-state index contributed by atoms with van der Waals surface area (Å²) in [6.45, 7) is 3.88. The second-order valence-electron chi connectivity index (χ2n) is 4.42. The van der Waals surface area contributed by atoms with Crippen LogP contribution in [-0.4, -0.2) is 26.4 Å². The van der Waals surface area contributed by atoms with Crippen molar-refractivity contribution in [1.29, 1.82) is 0 Å². The minimum absolute atomic E-state index is 0.504. The maximum absolute atomic E-state index is 5.39. The van der Waals surface area contributed by atoms with E-state index < -0.39 is 0 Å². The third-order valence-corrected chi connectivity index (χ3v) is 3.25. The van der Waals surface area contributed by atoms with Gasteiger partial charge in [0.05, 0.1) is 12.8 Å². The van der Waals surface area contributed by atoms with Crippen molar-refractivity contribution < 1.29 is 9.47 Å². The molecular weight excluding hydrogens is 214 g/mol. The quantitative estimate of drug-likeness (QED) is 0.870. The van der Waals surface area contributed by atoms with Crippen LogP contribution in [0.2, 0.25) is 0 Å². The van der Waals surface area contributed by atoms with Gasteiger partial charge in [0, 0.05) is 19.3 Å². The minimum atomic E-state index is 0.504. The van der Waals surface area contributed by atoms with Gasteiger partial charge in [0.15, 0.2) is 0 Å². The van der Waals surface area contributed by atoms with Gasteiger partial charge in [0.1, 0.15) is 5.75 Å². The Labute approximate surface area is 103 Å². The minimum Gasteiger partial charge on any atom is -0.495 e. The molecule has 0 amide bonds. The lowest BCUT2D eigenvalue weighted by Gasteiger charge is -2.25. The second-order valence-corrected chi connectivity index (χ2v) is 4.42. The van der Waals surface area contributed by atoms with Crippen LogP contribution in [0.4, 0.5) is 5.69 Å². The van der Waals surface area contributed by atoms with E-state index in [1.165, 1.54) is 5.56 Å². The number of methoxy groups -OCH3 is 1. The van der Waals surface area contributed by atoms with Gasteiger partial charge in [0.2, 0.25) is 0 Å². The maximum Gasteiger partial charge on any atom is 0.141 e. The Morgan fingerprint density at radius 2 is 2.12 bits per heavy atom. The molecule has 1 heterocycles. The molecule has 0 spiro atoms. The zero-order valence-corrected chi connectivity index (χ0v) is 10.7. The van der Waals surface area contributed by atoms with Gasteiger partial charge in [-0.15, -0.1) is 0 Å². The zero-order valence-electron chi connectivity index (χ0n) is 10.7. The van der Waals surface area contributed by atoms with Gasteiger partial charge in [-0.25, -0.2) is 0 Å². The van der Waals surface area contributed by atoms with Crippen molar-refractivity contribution >= 4 is 5.69 Å². The number of nitrogens with one attached hydrogen (secondary N) is 1. The van der Waals surface area contributed by atoms with Gasteiger partial charge < -0.3 is 14.8 Å². The van der Waals surface area contributed by atoms with Crippen LogP contribution in [0.3, 0.4) is 0 Å². The predicted molar refractivity (Wildman–Crippen MR) is 69.8 cm³/mol. The topological polar surface area (TPSA) is 30.5 Å². The Balaban J connectivity index is 2.11. The Hall–Kier alpha value is -1.22. The molecule has 0 saturated carbocycles. The smallest absolute Gasteiger partial charge is 0.141 e. The molecule has 0 aromatic heterocycles. The van der Waals surface area contributed by atoms with Crippen LogP contribution in [0.5, 0.6) is 5.75 Å². The van der Waals surface area contributed by atoms with Crippen LogP contribution >= 0.6 is 0 Å². The standard InChI is InChI=1S/C14H21NO2/c1-3-11-4-5-14(16-2)13(10-11)15-12-6-8-17-9-7-12/h4-5,10,12,15H,3,6-9H2,1-2H3. The molecule has 1 aliphatic rings. The van der Waals surface area contributed by atoms with Crippen molar-refractivity contribution in [3.05, 3.63) is 23.8 Å². The van der Waals surface area contributed by atoms with E-state index in [4.69, 9.17) is 9.47 Å². The third-order valence-electron chi connectivity index (χ3n) is 3.25. The van der Waals surface area contributed by atoms with E-state index in [0.717, 1.165) is 43.9 Å². The molecule has 3 heteroatoms. The van der Waals surface area contributed by atoms with E-state index in [1.807, 2.05) is 6.07 Å². The van der Waals surface area contributed by atoms with Gasteiger partial charge >= 0.3 is 0 Å². The van der Waals surface area contributed by atoms with Crippen molar-refractivity contribution in [2.75, 3.05) is 25.6 Å². The fourth-order valence-corrected chi connectivity index (χ4v) is 2.15. The summed E-state index contributed by atoms with van der Waals surface area (Å²) in [6, 6.07) is 6.85. The summed E-state index contributed by atoms with van der Waals surface area (Å²) in [7, 11) is 1.72. The van der Waals surface area contributed by atoms with Gasteiger partial charge in [-0.1, -0.05) is 13.0 Å². The number of ether oxygens (including phenoxy) is 2. The SMILES string of the molecule is CCc1ccc(OC)c(NC2CCOCC2)c1. The molecule has 2 rings (SSSR count). The van der Waals surface area contributed by atoms with E-state index in [9.17, 15) is 0 Å². The molecule has 0 radical (unpaired) electrons. The number of rotatable bonds is 4. The maximum atomic E-state index is 5.39. The Kier molecular flexibility index (Phi) is 4.26. The van der Waals surface area contributed by atoms with Crippen molar-refractivity contribution in [1.82, 2.24) is 0 Å². The van der Waals surface area contributed by atoms with Crippen molar-refractivity contribution in [3.8, 4) is 5.75 Å². The molecule has 1 saturated heterocycles. The van der Waals surface area contributed by atoms with E-state index in [-0.39, 0.29) is 0 Å². The number of aryl methyl sites for hydroxylation is 1. The van der Waals surface area contributed by atoms with Crippen LogP contribution in [0, 0.1) is 0 Å². The number of benzene rings is 1. The summed E-state index contributed by atoms with van der Waals surface area (Å²) in [4.78, 5) is 0. The fourth-order valence-electron chi connectivity index (χ4n) is 2.15. The molecule has 1 aromatic carbocycles. The highest BCUT2D eigenvalue weighted by Gasteiger charge is 2.15. The van der Waals surface area contributed by atoms with E-state index in [0.29, 0.717) is 6.04 Å². The fraction of sp³-hybridized carbons (Fsp3) is 0.571. The molecule has 0 aliphatic carbocycles. The van der Waals surface area contributed by atoms with E-state index >= 15 is 0 Å². The molecule has 17 heavy (non-hydrogen) atoms. The summed E-state index contributed by atoms with van der Waals surface area (Å²) in [5.74, 6) is 0.925. The highest BCUT2D eigenvalue weighted by atomic mass is 16.5. The zero-order chi connectivity index (χ0) is 12.1. The normalized spacial score (nSPS) is 16.8. The van der Waals surface area contributed by atoms with Crippen molar-refractivity contribution in [2.45, 2.75) is 32.2 Å².